The van der Waals surface area contributed by atoms with Gasteiger partial charge in [-0.15, -0.1) is 0 Å². The van der Waals surface area contributed by atoms with Gasteiger partial charge >= 0.3 is 0 Å². The van der Waals surface area contributed by atoms with E-state index in [9.17, 15) is 0 Å². The predicted octanol–water partition coefficient (Wildman–Crippen LogP) is 3.46. The average Bonchev–Trinajstić information content (AvgIpc) is 3.27. The Balaban J connectivity index is 2.02. The standard InChI is InChI=1S/C18H30N2/c1-15(2)13-20(17-9-10-17)18(3,14-19)12-11-16-7-5-4-6-8-16/h4-8,15,17H,9-14,19H2,1-3H3. The molecule has 1 aromatic rings. The van der Waals surface area contributed by atoms with Crippen LogP contribution in [0, 0.1) is 5.92 Å². The molecule has 0 radical (unpaired) electrons. The molecule has 2 rings (SSSR count). The van der Waals surface area contributed by atoms with Gasteiger partial charge in [0.2, 0.25) is 0 Å². The van der Waals surface area contributed by atoms with E-state index in [4.69, 9.17) is 5.73 Å². The maximum atomic E-state index is 6.17. The van der Waals surface area contributed by atoms with Gasteiger partial charge in [0.05, 0.1) is 0 Å². The number of hydrogen-bond donors (Lipinski definition) is 1. The molecule has 0 saturated heterocycles. The summed E-state index contributed by atoms with van der Waals surface area (Å²) in [5.74, 6) is 0.707. The molecule has 2 heteroatoms. The Hall–Kier alpha value is -0.860. The molecule has 0 spiro atoms. The van der Waals surface area contributed by atoms with Crippen LogP contribution in [0.15, 0.2) is 30.3 Å². The molecule has 1 aromatic carbocycles. The van der Waals surface area contributed by atoms with Gasteiger partial charge in [0, 0.05) is 24.7 Å². The van der Waals surface area contributed by atoms with Crippen LogP contribution in [0.5, 0.6) is 0 Å². The first-order chi connectivity index (χ1) is 9.55. The van der Waals surface area contributed by atoms with E-state index < -0.39 is 0 Å². The molecule has 0 aliphatic heterocycles. The lowest BCUT2D eigenvalue weighted by Crippen LogP contribution is -2.54. The molecule has 20 heavy (non-hydrogen) atoms. The van der Waals surface area contributed by atoms with Crippen LogP contribution in [0.3, 0.4) is 0 Å². The van der Waals surface area contributed by atoms with E-state index in [0.717, 1.165) is 25.4 Å². The Morgan fingerprint density at radius 1 is 1.25 bits per heavy atom. The first kappa shape index (κ1) is 15.5. The molecule has 1 aliphatic rings. The van der Waals surface area contributed by atoms with Crippen molar-refractivity contribution in [2.45, 2.75) is 58.0 Å². The van der Waals surface area contributed by atoms with Crippen molar-refractivity contribution in [3.8, 4) is 0 Å². The molecule has 1 unspecified atom stereocenters. The van der Waals surface area contributed by atoms with Gasteiger partial charge in [0.25, 0.3) is 0 Å². The van der Waals surface area contributed by atoms with E-state index in [0.29, 0.717) is 5.92 Å². The third kappa shape index (κ3) is 4.07. The summed E-state index contributed by atoms with van der Waals surface area (Å²) in [7, 11) is 0. The number of nitrogens with two attached hydrogens (primary N) is 1. The molecular formula is C18H30N2. The van der Waals surface area contributed by atoms with Gasteiger partial charge in [-0.1, -0.05) is 44.2 Å². The van der Waals surface area contributed by atoms with Crippen molar-refractivity contribution in [2.75, 3.05) is 13.1 Å². The van der Waals surface area contributed by atoms with E-state index in [2.05, 4.69) is 56.0 Å². The van der Waals surface area contributed by atoms with Crippen molar-refractivity contribution >= 4 is 0 Å². The van der Waals surface area contributed by atoms with Crippen LogP contribution < -0.4 is 5.73 Å². The summed E-state index contributed by atoms with van der Waals surface area (Å²) in [6, 6.07) is 11.6. The SMILES string of the molecule is CC(C)CN(C1CC1)C(C)(CN)CCc1ccccc1. The normalized spacial score (nSPS) is 18.5. The van der Waals surface area contributed by atoms with Gasteiger partial charge in [0.15, 0.2) is 0 Å². The number of rotatable bonds is 8. The minimum atomic E-state index is 0.140. The monoisotopic (exact) mass is 274 g/mol. The van der Waals surface area contributed by atoms with E-state index in [1.807, 2.05) is 0 Å². The quantitative estimate of drug-likeness (QED) is 0.786. The van der Waals surface area contributed by atoms with Crippen molar-refractivity contribution < 1.29 is 0 Å². The van der Waals surface area contributed by atoms with Crippen molar-refractivity contribution in [1.82, 2.24) is 4.90 Å². The van der Waals surface area contributed by atoms with Crippen LogP contribution >= 0.6 is 0 Å². The van der Waals surface area contributed by atoms with Crippen LogP contribution in [0.4, 0.5) is 0 Å². The second-order valence-electron chi connectivity index (χ2n) is 6.96. The molecule has 2 N–H and O–H groups in total. The minimum absolute atomic E-state index is 0.140. The Morgan fingerprint density at radius 2 is 1.90 bits per heavy atom. The molecule has 0 amide bonds. The lowest BCUT2D eigenvalue weighted by Gasteiger charge is -2.42. The van der Waals surface area contributed by atoms with E-state index in [-0.39, 0.29) is 5.54 Å². The number of aryl methyl sites for hydroxylation is 1. The highest BCUT2D eigenvalue weighted by Crippen LogP contribution is 2.35. The molecule has 1 aliphatic carbocycles. The Labute approximate surface area is 124 Å². The molecule has 0 heterocycles. The molecule has 0 aromatic heterocycles. The van der Waals surface area contributed by atoms with Crippen LogP contribution in [0.25, 0.3) is 0 Å². The van der Waals surface area contributed by atoms with Crippen molar-refractivity contribution in [2.24, 2.45) is 11.7 Å². The first-order valence-electron chi connectivity index (χ1n) is 8.06. The van der Waals surface area contributed by atoms with Crippen molar-refractivity contribution in [3.63, 3.8) is 0 Å². The molecule has 112 valence electrons. The van der Waals surface area contributed by atoms with Crippen LogP contribution in [0.2, 0.25) is 0 Å². The minimum Gasteiger partial charge on any atom is -0.329 e. The third-order valence-corrected chi connectivity index (χ3v) is 4.48. The summed E-state index contributed by atoms with van der Waals surface area (Å²) < 4.78 is 0. The molecule has 1 atom stereocenters. The summed E-state index contributed by atoms with van der Waals surface area (Å²) >= 11 is 0. The second kappa shape index (κ2) is 6.73. The average molecular weight is 274 g/mol. The second-order valence-corrected chi connectivity index (χ2v) is 6.96. The third-order valence-electron chi connectivity index (χ3n) is 4.48. The maximum absolute atomic E-state index is 6.17. The van der Waals surface area contributed by atoms with E-state index in [1.165, 1.54) is 24.9 Å². The topological polar surface area (TPSA) is 29.3 Å². The summed E-state index contributed by atoms with van der Waals surface area (Å²) in [4.78, 5) is 2.70. The fourth-order valence-electron chi connectivity index (χ4n) is 3.01. The van der Waals surface area contributed by atoms with Crippen LogP contribution in [-0.2, 0) is 6.42 Å². The lowest BCUT2D eigenvalue weighted by molar-refractivity contribution is 0.0788. The zero-order chi connectivity index (χ0) is 14.6. The lowest BCUT2D eigenvalue weighted by atomic mass is 9.90. The van der Waals surface area contributed by atoms with Crippen molar-refractivity contribution in [3.05, 3.63) is 35.9 Å². The summed E-state index contributed by atoms with van der Waals surface area (Å²) in [6.45, 7) is 8.90. The molecule has 1 fully saturated rings. The van der Waals surface area contributed by atoms with E-state index >= 15 is 0 Å². The summed E-state index contributed by atoms with van der Waals surface area (Å²) in [5, 5.41) is 0. The smallest absolute Gasteiger partial charge is 0.0309 e. The number of hydrogen-bond acceptors (Lipinski definition) is 2. The fraction of sp³-hybridized carbons (Fsp3) is 0.667. The van der Waals surface area contributed by atoms with Gasteiger partial charge in [0.1, 0.15) is 0 Å². The summed E-state index contributed by atoms with van der Waals surface area (Å²) in [6.07, 6.45) is 4.98. The molecule has 2 nitrogen and oxygen atoms in total. The van der Waals surface area contributed by atoms with Crippen molar-refractivity contribution in [1.29, 1.82) is 0 Å². The zero-order valence-electron chi connectivity index (χ0n) is 13.3. The van der Waals surface area contributed by atoms with E-state index in [1.54, 1.807) is 0 Å². The molecule has 1 saturated carbocycles. The molecular weight excluding hydrogens is 244 g/mol. The molecule has 0 bridgehead atoms. The zero-order valence-corrected chi connectivity index (χ0v) is 13.3. The largest absolute Gasteiger partial charge is 0.329 e. The van der Waals surface area contributed by atoms with Crippen LogP contribution in [0.1, 0.15) is 45.6 Å². The fourth-order valence-corrected chi connectivity index (χ4v) is 3.01. The van der Waals surface area contributed by atoms with Gasteiger partial charge in [-0.2, -0.15) is 0 Å². The Morgan fingerprint density at radius 3 is 2.40 bits per heavy atom. The van der Waals surface area contributed by atoms with Gasteiger partial charge in [-0.25, -0.2) is 0 Å². The Bertz CT molecular complexity index is 397. The van der Waals surface area contributed by atoms with Gasteiger partial charge in [-0.05, 0) is 44.1 Å². The van der Waals surface area contributed by atoms with Gasteiger partial charge in [-0.3, -0.25) is 4.90 Å². The summed E-state index contributed by atoms with van der Waals surface area (Å²) in [5.41, 5.74) is 7.74. The highest BCUT2D eigenvalue weighted by atomic mass is 15.3. The predicted molar refractivity (Wildman–Crippen MR) is 86.8 cm³/mol. The maximum Gasteiger partial charge on any atom is 0.0309 e. The number of nitrogens with zero attached hydrogens (tertiary/aromatic N) is 1. The highest BCUT2D eigenvalue weighted by Gasteiger charge is 2.40. The highest BCUT2D eigenvalue weighted by molar-refractivity contribution is 5.15. The van der Waals surface area contributed by atoms with Crippen LogP contribution in [-0.4, -0.2) is 29.6 Å². The van der Waals surface area contributed by atoms with Gasteiger partial charge < -0.3 is 5.73 Å². The Kier molecular flexibility index (Phi) is 5.22. The first-order valence-corrected chi connectivity index (χ1v) is 8.06. The number of benzene rings is 1.